The number of ether oxygens (including phenoxy) is 2. The van der Waals surface area contributed by atoms with E-state index in [0.29, 0.717) is 5.46 Å². The average molecular weight is 408 g/mol. The van der Waals surface area contributed by atoms with Gasteiger partial charge in [-0.3, -0.25) is 0 Å². The summed E-state index contributed by atoms with van der Waals surface area (Å²) in [6, 6.07) is 11.1. The summed E-state index contributed by atoms with van der Waals surface area (Å²) < 4.78 is 63.5. The van der Waals surface area contributed by atoms with Gasteiger partial charge in [0, 0.05) is 0 Å². The third-order valence-corrected chi connectivity index (χ3v) is 5.38. The van der Waals surface area contributed by atoms with Gasteiger partial charge in [-0.15, -0.1) is 0 Å². The van der Waals surface area contributed by atoms with Gasteiger partial charge in [0.2, 0.25) is 0 Å². The van der Waals surface area contributed by atoms with Crippen molar-refractivity contribution >= 4 is 12.6 Å². The maximum Gasteiger partial charge on any atom is 0.502 e. The zero-order valence-corrected chi connectivity index (χ0v) is 17.1. The first kappa shape index (κ1) is 21.5. The Labute approximate surface area is 169 Å². The molecule has 8 heteroatoms. The van der Waals surface area contributed by atoms with E-state index in [1.807, 2.05) is 58.0 Å². The quantitative estimate of drug-likeness (QED) is 0.679. The lowest BCUT2D eigenvalue weighted by Gasteiger charge is -2.32. The van der Waals surface area contributed by atoms with Crippen LogP contribution in [0.15, 0.2) is 42.5 Å². The second-order valence-corrected chi connectivity index (χ2v) is 7.95. The molecule has 0 aliphatic carbocycles. The lowest BCUT2D eigenvalue weighted by Crippen LogP contribution is -2.41. The molecule has 0 radical (unpaired) electrons. The molecule has 0 N–H and O–H groups in total. The largest absolute Gasteiger partial charge is 0.502 e. The van der Waals surface area contributed by atoms with Gasteiger partial charge in [-0.25, -0.2) is 0 Å². The van der Waals surface area contributed by atoms with Crippen molar-refractivity contribution in [1.29, 1.82) is 0 Å². The zero-order chi connectivity index (χ0) is 21.4. The Balaban J connectivity index is 2.05. The van der Waals surface area contributed by atoms with Gasteiger partial charge < -0.3 is 18.8 Å². The van der Waals surface area contributed by atoms with Crippen molar-refractivity contribution in [1.82, 2.24) is 0 Å². The molecule has 2 aromatic rings. The van der Waals surface area contributed by atoms with Crippen LogP contribution in [0.4, 0.5) is 13.2 Å². The first-order chi connectivity index (χ1) is 13.4. The van der Waals surface area contributed by atoms with Crippen LogP contribution in [0.5, 0.6) is 11.5 Å². The Kier molecular flexibility index (Phi) is 5.62. The molecular formula is C21H24BF3O4. The van der Waals surface area contributed by atoms with Crippen molar-refractivity contribution in [3.8, 4) is 11.5 Å². The van der Waals surface area contributed by atoms with Crippen LogP contribution in [-0.2, 0) is 22.1 Å². The molecule has 0 atom stereocenters. The number of alkyl halides is 3. The SMILES string of the molecule is COc1cc(C(F)(F)F)cc(OCc2ccccc2)c1B1OC(C)(C)C(C)(C)O1. The Hall–Kier alpha value is -2.19. The fraction of sp³-hybridized carbons (Fsp3) is 0.429. The van der Waals surface area contributed by atoms with E-state index in [2.05, 4.69) is 0 Å². The molecule has 2 aromatic carbocycles. The van der Waals surface area contributed by atoms with E-state index in [-0.39, 0.29) is 18.1 Å². The van der Waals surface area contributed by atoms with Crippen LogP contribution in [0.2, 0.25) is 0 Å². The second kappa shape index (κ2) is 7.57. The summed E-state index contributed by atoms with van der Waals surface area (Å²) in [5.41, 5.74) is -1.07. The van der Waals surface area contributed by atoms with Crippen molar-refractivity contribution < 1.29 is 32.0 Å². The summed E-state index contributed by atoms with van der Waals surface area (Å²) in [7, 11) is 0.383. The molecule has 0 amide bonds. The number of rotatable bonds is 5. The van der Waals surface area contributed by atoms with Gasteiger partial charge in [0.1, 0.15) is 18.1 Å². The third-order valence-electron chi connectivity index (χ3n) is 5.38. The highest BCUT2D eigenvalue weighted by atomic mass is 19.4. The normalized spacial score (nSPS) is 18.0. The number of hydrogen-bond donors (Lipinski definition) is 0. The molecular weight excluding hydrogens is 384 g/mol. The van der Waals surface area contributed by atoms with Gasteiger partial charge in [-0.2, -0.15) is 13.2 Å². The lowest BCUT2D eigenvalue weighted by atomic mass is 9.77. The highest BCUT2D eigenvalue weighted by molar-refractivity contribution is 6.64. The molecule has 0 bridgehead atoms. The molecule has 1 saturated heterocycles. The second-order valence-electron chi connectivity index (χ2n) is 7.95. The van der Waals surface area contributed by atoms with Gasteiger partial charge in [0.25, 0.3) is 0 Å². The molecule has 0 aromatic heterocycles. The molecule has 29 heavy (non-hydrogen) atoms. The van der Waals surface area contributed by atoms with E-state index >= 15 is 0 Å². The van der Waals surface area contributed by atoms with Gasteiger partial charge in [0.05, 0.1) is 29.3 Å². The summed E-state index contributed by atoms with van der Waals surface area (Å²) in [5.74, 6) is 0.0143. The Morgan fingerprint density at radius 3 is 2.00 bits per heavy atom. The summed E-state index contributed by atoms with van der Waals surface area (Å²) in [6.07, 6.45) is -4.55. The maximum atomic E-state index is 13.4. The third kappa shape index (κ3) is 4.38. The highest BCUT2D eigenvalue weighted by Crippen LogP contribution is 2.40. The number of halogens is 3. The standard InChI is InChI=1S/C21H24BF3O4/c1-19(2)20(3,4)29-22(28-19)18-16(26-5)11-15(21(23,24)25)12-17(18)27-13-14-9-7-6-8-10-14/h6-12H,13H2,1-5H3. The predicted molar refractivity (Wildman–Crippen MR) is 104 cm³/mol. The average Bonchev–Trinajstić information content (AvgIpc) is 2.86. The van der Waals surface area contributed by atoms with Crippen molar-refractivity contribution in [3.63, 3.8) is 0 Å². The zero-order valence-electron chi connectivity index (χ0n) is 17.1. The lowest BCUT2D eigenvalue weighted by molar-refractivity contribution is -0.137. The predicted octanol–water partition coefficient (Wildman–Crippen LogP) is 4.59. The van der Waals surface area contributed by atoms with E-state index in [4.69, 9.17) is 18.8 Å². The summed E-state index contributed by atoms with van der Waals surface area (Å²) in [6.45, 7) is 7.57. The molecule has 1 fully saturated rings. The molecule has 4 nitrogen and oxygen atoms in total. The van der Waals surface area contributed by atoms with Crippen LogP contribution in [0.3, 0.4) is 0 Å². The van der Waals surface area contributed by atoms with E-state index in [0.717, 1.165) is 17.7 Å². The molecule has 0 spiro atoms. The number of hydrogen-bond acceptors (Lipinski definition) is 4. The van der Waals surface area contributed by atoms with E-state index in [1.165, 1.54) is 7.11 Å². The van der Waals surface area contributed by atoms with E-state index < -0.39 is 30.1 Å². The van der Waals surface area contributed by atoms with E-state index in [1.54, 1.807) is 0 Å². The Morgan fingerprint density at radius 1 is 0.931 bits per heavy atom. The van der Waals surface area contributed by atoms with Crippen LogP contribution in [0.25, 0.3) is 0 Å². The topological polar surface area (TPSA) is 36.9 Å². The molecule has 1 heterocycles. The van der Waals surface area contributed by atoms with Gasteiger partial charge in [-0.1, -0.05) is 30.3 Å². The van der Waals surface area contributed by atoms with Crippen molar-refractivity contribution in [2.75, 3.05) is 7.11 Å². The molecule has 0 saturated carbocycles. The minimum Gasteiger partial charge on any atom is -0.497 e. The smallest absolute Gasteiger partial charge is 0.497 e. The van der Waals surface area contributed by atoms with Crippen LogP contribution in [0.1, 0.15) is 38.8 Å². The number of methoxy groups -OCH3 is 1. The van der Waals surface area contributed by atoms with Crippen LogP contribution in [0, 0.1) is 0 Å². The van der Waals surface area contributed by atoms with Crippen LogP contribution < -0.4 is 14.9 Å². The van der Waals surface area contributed by atoms with Gasteiger partial charge in [0.15, 0.2) is 0 Å². The van der Waals surface area contributed by atoms with Crippen LogP contribution >= 0.6 is 0 Å². The summed E-state index contributed by atoms with van der Waals surface area (Å²) in [4.78, 5) is 0. The Morgan fingerprint density at radius 2 is 1.48 bits per heavy atom. The summed E-state index contributed by atoms with van der Waals surface area (Å²) in [5, 5.41) is 0. The minimum absolute atomic E-state index is 0.00128. The molecule has 3 rings (SSSR count). The van der Waals surface area contributed by atoms with E-state index in [9.17, 15) is 13.2 Å². The molecule has 1 aliphatic heterocycles. The van der Waals surface area contributed by atoms with Crippen molar-refractivity contribution in [2.24, 2.45) is 0 Å². The Bertz CT molecular complexity index is 850. The number of benzene rings is 2. The summed E-state index contributed by atoms with van der Waals surface area (Å²) >= 11 is 0. The molecule has 1 aliphatic rings. The van der Waals surface area contributed by atoms with Gasteiger partial charge >= 0.3 is 13.3 Å². The molecule has 156 valence electrons. The monoisotopic (exact) mass is 408 g/mol. The van der Waals surface area contributed by atoms with Crippen molar-refractivity contribution in [3.05, 3.63) is 53.6 Å². The first-order valence-electron chi connectivity index (χ1n) is 9.26. The molecule has 0 unspecified atom stereocenters. The fourth-order valence-electron chi connectivity index (χ4n) is 2.98. The van der Waals surface area contributed by atoms with Crippen molar-refractivity contribution in [2.45, 2.75) is 51.7 Å². The highest BCUT2D eigenvalue weighted by Gasteiger charge is 2.53. The van der Waals surface area contributed by atoms with Gasteiger partial charge in [-0.05, 0) is 45.4 Å². The van der Waals surface area contributed by atoms with Crippen LogP contribution in [-0.4, -0.2) is 25.4 Å². The minimum atomic E-state index is -4.55. The maximum absolute atomic E-state index is 13.4. The fourth-order valence-corrected chi connectivity index (χ4v) is 2.98. The first-order valence-corrected chi connectivity index (χ1v) is 9.26.